The zero-order valence-electron chi connectivity index (χ0n) is 14.7. The number of pyridine rings is 1. The maximum Gasteiger partial charge on any atom is 0.254 e. The van der Waals surface area contributed by atoms with Crippen molar-refractivity contribution in [2.45, 2.75) is 13.0 Å². The summed E-state index contributed by atoms with van der Waals surface area (Å²) in [5.74, 6) is 0.0900. The monoisotopic (exact) mass is 354 g/mol. The van der Waals surface area contributed by atoms with Gasteiger partial charge in [-0.15, -0.1) is 0 Å². The van der Waals surface area contributed by atoms with Crippen molar-refractivity contribution in [1.82, 2.24) is 20.1 Å². The molecule has 0 atom stereocenters. The molecule has 3 heterocycles. The van der Waals surface area contributed by atoms with Gasteiger partial charge in [-0.1, -0.05) is 36.4 Å². The van der Waals surface area contributed by atoms with E-state index in [0.29, 0.717) is 13.1 Å². The molecule has 0 spiro atoms. The third-order valence-electron chi connectivity index (χ3n) is 5.13. The zero-order chi connectivity index (χ0) is 18.2. The van der Waals surface area contributed by atoms with E-state index in [2.05, 4.69) is 22.3 Å². The van der Waals surface area contributed by atoms with Crippen molar-refractivity contribution in [3.05, 3.63) is 83.7 Å². The van der Waals surface area contributed by atoms with Gasteiger partial charge < -0.3 is 4.90 Å². The minimum absolute atomic E-state index is 0.0900. The van der Waals surface area contributed by atoms with Crippen LogP contribution < -0.4 is 0 Å². The average Bonchev–Trinajstić information content (AvgIpc) is 3.35. The Morgan fingerprint density at radius 2 is 1.85 bits per heavy atom. The molecule has 0 aliphatic carbocycles. The van der Waals surface area contributed by atoms with Gasteiger partial charge in [0.05, 0.1) is 11.2 Å². The van der Waals surface area contributed by atoms with Gasteiger partial charge >= 0.3 is 0 Å². The van der Waals surface area contributed by atoms with Crippen molar-refractivity contribution in [2.24, 2.45) is 0 Å². The summed E-state index contributed by atoms with van der Waals surface area (Å²) in [5, 5.41) is 8.16. The summed E-state index contributed by atoms with van der Waals surface area (Å²) in [7, 11) is 0. The number of nitrogens with one attached hydrogen (secondary N) is 1. The first-order valence-corrected chi connectivity index (χ1v) is 9.05. The number of hydrogen-bond donors (Lipinski definition) is 1. The molecule has 2 aromatic heterocycles. The standard InChI is InChI=1S/C22H18N4O/c27-22-18-6-3-5-17(21-10-12-23-25-21)19(18)14-26(22)13-11-16-9-8-15-4-1-2-7-20(15)24-16/h1-10,12H,11,13-14H2,(H,23,25). The smallest absolute Gasteiger partial charge is 0.254 e. The number of hydrogen-bond acceptors (Lipinski definition) is 3. The van der Waals surface area contributed by atoms with Crippen molar-refractivity contribution in [1.29, 1.82) is 0 Å². The van der Waals surface area contributed by atoms with Crippen LogP contribution in [0.1, 0.15) is 21.6 Å². The highest BCUT2D eigenvalue weighted by molar-refractivity contribution is 6.00. The lowest BCUT2D eigenvalue weighted by Gasteiger charge is -2.15. The van der Waals surface area contributed by atoms with E-state index < -0.39 is 0 Å². The number of aromatic amines is 1. The molecule has 0 saturated heterocycles. The van der Waals surface area contributed by atoms with Gasteiger partial charge in [0.2, 0.25) is 0 Å². The first kappa shape index (κ1) is 15.8. The second kappa shape index (κ2) is 6.36. The summed E-state index contributed by atoms with van der Waals surface area (Å²) >= 11 is 0. The molecule has 1 aliphatic rings. The maximum atomic E-state index is 12.8. The minimum Gasteiger partial charge on any atom is -0.334 e. The quantitative estimate of drug-likeness (QED) is 0.606. The summed E-state index contributed by atoms with van der Waals surface area (Å²) in [6.07, 6.45) is 2.47. The Kier molecular flexibility index (Phi) is 3.71. The van der Waals surface area contributed by atoms with E-state index in [-0.39, 0.29) is 5.91 Å². The number of H-pyrrole nitrogens is 1. The van der Waals surface area contributed by atoms with Crippen molar-refractivity contribution in [3.63, 3.8) is 0 Å². The van der Waals surface area contributed by atoms with Crippen molar-refractivity contribution >= 4 is 16.8 Å². The summed E-state index contributed by atoms with van der Waals surface area (Å²) in [6, 6.07) is 20.0. The number of para-hydroxylation sites is 1. The summed E-state index contributed by atoms with van der Waals surface area (Å²) < 4.78 is 0. The second-order valence-electron chi connectivity index (χ2n) is 6.77. The van der Waals surface area contributed by atoms with Crippen LogP contribution in [-0.4, -0.2) is 32.5 Å². The Morgan fingerprint density at radius 3 is 2.74 bits per heavy atom. The predicted octanol–water partition coefficient (Wildman–Crippen LogP) is 3.82. The van der Waals surface area contributed by atoms with Crippen LogP contribution in [0, 0.1) is 0 Å². The zero-order valence-corrected chi connectivity index (χ0v) is 14.7. The van der Waals surface area contributed by atoms with E-state index in [9.17, 15) is 4.79 Å². The Morgan fingerprint density at radius 1 is 0.963 bits per heavy atom. The van der Waals surface area contributed by atoms with Crippen LogP contribution >= 0.6 is 0 Å². The van der Waals surface area contributed by atoms with Gasteiger partial charge in [-0.2, -0.15) is 5.10 Å². The molecule has 1 amide bonds. The molecule has 0 fully saturated rings. The molecule has 132 valence electrons. The number of fused-ring (bicyclic) bond motifs is 2. The Balaban J connectivity index is 1.37. The number of rotatable bonds is 4. The van der Waals surface area contributed by atoms with E-state index in [1.807, 2.05) is 53.4 Å². The van der Waals surface area contributed by atoms with Gasteiger partial charge in [0.15, 0.2) is 0 Å². The van der Waals surface area contributed by atoms with Crippen LogP contribution in [-0.2, 0) is 13.0 Å². The Labute approximate surface area is 156 Å². The summed E-state index contributed by atoms with van der Waals surface area (Å²) in [6.45, 7) is 1.28. The third kappa shape index (κ3) is 2.77. The van der Waals surface area contributed by atoms with Gasteiger partial charge in [-0.3, -0.25) is 14.9 Å². The van der Waals surface area contributed by atoms with Crippen LogP contribution in [0.4, 0.5) is 0 Å². The van der Waals surface area contributed by atoms with E-state index in [4.69, 9.17) is 4.98 Å². The molecule has 0 unspecified atom stereocenters. The van der Waals surface area contributed by atoms with Crippen LogP contribution in [0.3, 0.4) is 0 Å². The first-order valence-electron chi connectivity index (χ1n) is 9.05. The molecule has 4 aromatic rings. The largest absolute Gasteiger partial charge is 0.334 e. The first-order chi connectivity index (χ1) is 13.3. The lowest BCUT2D eigenvalue weighted by Crippen LogP contribution is -2.26. The molecular formula is C22H18N4O. The fraction of sp³-hybridized carbons (Fsp3) is 0.136. The van der Waals surface area contributed by atoms with E-state index >= 15 is 0 Å². The Hall–Kier alpha value is -3.47. The molecule has 0 saturated carbocycles. The minimum atomic E-state index is 0.0900. The van der Waals surface area contributed by atoms with Gasteiger partial charge in [-0.05, 0) is 29.8 Å². The third-order valence-corrected chi connectivity index (χ3v) is 5.13. The summed E-state index contributed by atoms with van der Waals surface area (Å²) in [4.78, 5) is 19.5. The van der Waals surface area contributed by atoms with Crippen molar-refractivity contribution in [2.75, 3.05) is 6.54 Å². The molecule has 0 bridgehead atoms. The van der Waals surface area contributed by atoms with Crippen LogP contribution in [0.15, 0.2) is 66.9 Å². The highest BCUT2D eigenvalue weighted by Crippen LogP contribution is 2.31. The SMILES string of the molecule is O=C1c2cccc(-c3ccn[nH]3)c2CN1CCc1ccc2ccccc2n1. The molecule has 1 aliphatic heterocycles. The topological polar surface area (TPSA) is 61.9 Å². The number of nitrogens with zero attached hydrogens (tertiary/aromatic N) is 3. The van der Waals surface area contributed by atoms with Gasteiger partial charge in [0.1, 0.15) is 0 Å². The van der Waals surface area contributed by atoms with E-state index in [0.717, 1.165) is 45.4 Å². The normalized spacial score (nSPS) is 13.3. The highest BCUT2D eigenvalue weighted by Gasteiger charge is 2.29. The van der Waals surface area contributed by atoms with Gasteiger partial charge in [0.25, 0.3) is 5.91 Å². The van der Waals surface area contributed by atoms with Gasteiger partial charge in [-0.25, -0.2) is 0 Å². The molecule has 5 nitrogen and oxygen atoms in total. The molecular weight excluding hydrogens is 336 g/mol. The van der Waals surface area contributed by atoms with Crippen LogP contribution in [0.25, 0.3) is 22.2 Å². The molecule has 27 heavy (non-hydrogen) atoms. The average molecular weight is 354 g/mol. The van der Waals surface area contributed by atoms with Crippen LogP contribution in [0.5, 0.6) is 0 Å². The molecule has 2 aromatic carbocycles. The van der Waals surface area contributed by atoms with Crippen molar-refractivity contribution < 1.29 is 4.79 Å². The number of benzene rings is 2. The summed E-state index contributed by atoms with van der Waals surface area (Å²) in [5.41, 5.74) is 5.84. The molecule has 0 radical (unpaired) electrons. The van der Waals surface area contributed by atoms with E-state index in [1.165, 1.54) is 0 Å². The van der Waals surface area contributed by atoms with E-state index in [1.54, 1.807) is 6.20 Å². The fourth-order valence-corrected chi connectivity index (χ4v) is 3.73. The second-order valence-corrected chi connectivity index (χ2v) is 6.77. The predicted molar refractivity (Wildman–Crippen MR) is 104 cm³/mol. The number of carbonyl (C=O) groups is 1. The fourth-order valence-electron chi connectivity index (χ4n) is 3.73. The molecule has 5 rings (SSSR count). The number of aromatic nitrogens is 3. The lowest BCUT2D eigenvalue weighted by molar-refractivity contribution is 0.0780. The number of amides is 1. The van der Waals surface area contributed by atoms with Crippen LogP contribution in [0.2, 0.25) is 0 Å². The molecule has 1 N–H and O–H groups in total. The van der Waals surface area contributed by atoms with Crippen molar-refractivity contribution in [3.8, 4) is 11.3 Å². The Bertz CT molecular complexity index is 1130. The highest BCUT2D eigenvalue weighted by atomic mass is 16.2. The van der Waals surface area contributed by atoms with Gasteiger partial charge in [0, 0.05) is 47.9 Å². The molecule has 5 heteroatoms. The lowest BCUT2D eigenvalue weighted by atomic mass is 10.0. The number of carbonyl (C=O) groups excluding carboxylic acids is 1. The maximum absolute atomic E-state index is 12.8.